The van der Waals surface area contributed by atoms with Gasteiger partial charge in [0, 0.05) is 56.3 Å². The number of benzene rings is 1. The van der Waals surface area contributed by atoms with E-state index in [0.29, 0.717) is 24.7 Å². The smallest absolute Gasteiger partial charge is 0.207 e. The summed E-state index contributed by atoms with van der Waals surface area (Å²) in [5.41, 5.74) is 1.15. The summed E-state index contributed by atoms with van der Waals surface area (Å²) >= 11 is 5.79. The van der Waals surface area contributed by atoms with Crippen molar-refractivity contribution in [2.45, 2.75) is 64.8 Å². The first-order valence-corrected chi connectivity index (χ1v) is 12.0. The number of nitrogens with zero attached hydrogens (tertiary/aromatic N) is 1. The minimum absolute atomic E-state index is 0. The van der Waals surface area contributed by atoms with Crippen LogP contribution in [0.15, 0.2) is 24.3 Å². The number of allylic oxidation sites excluding steroid dienone is 1. The number of halogens is 3. The minimum atomic E-state index is -0.753. The van der Waals surface area contributed by atoms with Crippen molar-refractivity contribution in [1.29, 1.82) is 0 Å². The number of hydrogen-bond donors (Lipinski definition) is 2. The fourth-order valence-electron chi connectivity index (χ4n) is 4.05. The van der Waals surface area contributed by atoms with E-state index in [2.05, 4.69) is 31.1 Å². The second kappa shape index (κ2) is 21.1. The van der Waals surface area contributed by atoms with Gasteiger partial charge in [-0.25, -0.2) is 8.78 Å². The maximum Gasteiger partial charge on any atom is 0.207 e. The van der Waals surface area contributed by atoms with E-state index in [1.165, 1.54) is 24.8 Å². The summed E-state index contributed by atoms with van der Waals surface area (Å²) in [6.45, 7) is 9.21. The van der Waals surface area contributed by atoms with Gasteiger partial charge in [-0.15, -0.1) is 0 Å². The molecule has 0 radical (unpaired) electrons. The molecular formula is C25H40ClF2N4O2U-. The van der Waals surface area contributed by atoms with Crippen LogP contribution in [0.5, 0.6) is 0 Å². The van der Waals surface area contributed by atoms with Crippen molar-refractivity contribution in [2.24, 2.45) is 11.8 Å². The van der Waals surface area contributed by atoms with Gasteiger partial charge in [0.25, 0.3) is 0 Å². The van der Waals surface area contributed by atoms with Crippen LogP contribution in [0.2, 0.25) is 5.02 Å². The van der Waals surface area contributed by atoms with Crippen LogP contribution < -0.4 is 10.6 Å². The Labute approximate surface area is 238 Å². The third-order valence-corrected chi connectivity index (χ3v) is 5.85. The third kappa shape index (κ3) is 15.0. The predicted octanol–water partition coefficient (Wildman–Crippen LogP) is 6.23. The molecule has 198 valence electrons. The minimum Gasteiger partial charge on any atom is -0.609 e. The normalized spacial score (nSPS) is 17.6. The van der Waals surface area contributed by atoms with Gasteiger partial charge in [0.2, 0.25) is 12.8 Å². The molecule has 10 heteroatoms. The quantitative estimate of drug-likeness (QED) is 0.0983. The molecule has 3 N–H and O–H groups in total. The average Bonchev–Trinajstić information content (AvgIpc) is 2.78. The summed E-state index contributed by atoms with van der Waals surface area (Å²) in [6.07, 6.45) is 8.07. The fourth-order valence-corrected chi connectivity index (χ4v) is 4.22. The second-order valence-corrected chi connectivity index (χ2v) is 9.07. The molecule has 0 bridgehead atoms. The van der Waals surface area contributed by atoms with Crippen molar-refractivity contribution < 1.29 is 49.5 Å². The number of amides is 2. The third-order valence-electron chi connectivity index (χ3n) is 5.55. The van der Waals surface area contributed by atoms with Gasteiger partial charge in [0.1, 0.15) is 11.6 Å². The zero-order valence-electron chi connectivity index (χ0n) is 21.3. The van der Waals surface area contributed by atoms with Crippen LogP contribution in [0, 0.1) is 54.6 Å². The Bertz CT molecular complexity index is 756. The molecule has 1 aromatic rings. The Morgan fingerprint density at radius 1 is 1.29 bits per heavy atom. The van der Waals surface area contributed by atoms with E-state index in [9.17, 15) is 13.6 Å². The van der Waals surface area contributed by atoms with Crippen LogP contribution in [0.4, 0.5) is 8.78 Å². The molecule has 3 atom stereocenters. The Kier molecular flexibility index (Phi) is 21.9. The molecular weight excluding hydrogens is 700 g/mol. The van der Waals surface area contributed by atoms with Crippen LogP contribution in [-0.2, 0) is 9.59 Å². The van der Waals surface area contributed by atoms with E-state index in [1.807, 2.05) is 0 Å². The van der Waals surface area contributed by atoms with Gasteiger partial charge in [-0.3, -0.25) is 9.59 Å². The number of carbonyl (C=O) groups excluding carboxylic acids is 2. The van der Waals surface area contributed by atoms with Crippen LogP contribution >= 0.6 is 11.6 Å². The van der Waals surface area contributed by atoms with E-state index in [0.717, 1.165) is 56.5 Å². The van der Waals surface area contributed by atoms with Crippen molar-refractivity contribution in [1.82, 2.24) is 15.6 Å². The van der Waals surface area contributed by atoms with E-state index >= 15 is 0 Å². The van der Waals surface area contributed by atoms with Gasteiger partial charge >= 0.3 is 0 Å². The van der Waals surface area contributed by atoms with E-state index in [4.69, 9.17) is 22.2 Å². The summed E-state index contributed by atoms with van der Waals surface area (Å²) in [5.74, 6) is 7.55. The molecule has 0 aliphatic heterocycles. The molecule has 1 aromatic carbocycles. The van der Waals surface area contributed by atoms with Gasteiger partial charge in [0.15, 0.2) is 0 Å². The Morgan fingerprint density at radius 2 is 1.91 bits per heavy atom. The standard InChI is InChI=1S/C18H24ClF2N2.C5H11NO.C2H5NO.U/c1-11-8-12(2)10-13(9-11)4-7-16(23(3)22)17-15(20)6-5-14(19)18(17)21;1-2-3-4-6-5-7;1-3-2-4;/h5-6,12-13,16,22H,1,4,7-10H2,2-3H3;5H,2-4H2,1H3,(H,6,7);2H,1H3,(H,3,4);/q-1;;;. The van der Waals surface area contributed by atoms with Crippen LogP contribution in [0.25, 0.3) is 5.84 Å². The van der Waals surface area contributed by atoms with E-state index < -0.39 is 17.7 Å². The van der Waals surface area contributed by atoms with Crippen molar-refractivity contribution in [3.05, 3.63) is 52.3 Å². The molecule has 1 saturated carbocycles. The summed E-state index contributed by atoms with van der Waals surface area (Å²) in [7, 11) is 3.08. The zero-order chi connectivity index (χ0) is 26.1. The monoisotopic (exact) mass is 739 g/mol. The van der Waals surface area contributed by atoms with Gasteiger partial charge in [-0.1, -0.05) is 44.0 Å². The number of nitrogens with one attached hydrogen (secondary N) is 3. The Balaban J connectivity index is 0. The van der Waals surface area contributed by atoms with Crippen molar-refractivity contribution in [3.63, 3.8) is 0 Å². The Morgan fingerprint density at radius 3 is 2.40 bits per heavy atom. The summed E-state index contributed by atoms with van der Waals surface area (Å²) < 4.78 is 28.4. The van der Waals surface area contributed by atoms with Crippen LogP contribution in [0.1, 0.15) is 70.4 Å². The topological polar surface area (TPSA) is 85.2 Å². The second-order valence-electron chi connectivity index (χ2n) is 8.66. The number of carbonyl (C=O) groups is 2. The first-order chi connectivity index (χ1) is 16.1. The molecule has 0 saturated heterocycles. The summed E-state index contributed by atoms with van der Waals surface area (Å²) in [6, 6.07) is 1.74. The van der Waals surface area contributed by atoms with Crippen molar-refractivity contribution >= 4 is 24.4 Å². The molecule has 1 aliphatic carbocycles. The molecule has 0 heterocycles. The molecule has 0 spiro atoms. The molecule has 35 heavy (non-hydrogen) atoms. The zero-order valence-corrected chi connectivity index (χ0v) is 26.2. The first kappa shape index (κ1) is 36.2. The fraction of sp³-hybridized carbons (Fsp3) is 0.600. The summed E-state index contributed by atoms with van der Waals surface area (Å²) in [4.78, 5) is 18.6. The molecule has 6 nitrogen and oxygen atoms in total. The molecule has 1 aliphatic rings. The van der Waals surface area contributed by atoms with Crippen LogP contribution in [-0.4, -0.2) is 38.5 Å². The molecule has 0 aromatic heterocycles. The SMILES string of the molecule is C=C1CC(C)CC(CCC(c2c(F)ccc(Cl)c2F)N(C)[NH-])C1.CCCCNC=O.CNC=O.[U]. The van der Waals surface area contributed by atoms with Gasteiger partial charge in [-0.05, 0) is 69.5 Å². The van der Waals surface area contributed by atoms with Crippen molar-refractivity contribution in [3.8, 4) is 0 Å². The Hall–Kier alpha value is -0.978. The van der Waals surface area contributed by atoms with E-state index in [1.54, 1.807) is 7.05 Å². The van der Waals surface area contributed by atoms with Crippen molar-refractivity contribution in [2.75, 3.05) is 20.6 Å². The predicted molar refractivity (Wildman–Crippen MR) is 135 cm³/mol. The number of rotatable bonds is 10. The van der Waals surface area contributed by atoms with E-state index in [-0.39, 0.29) is 41.7 Å². The van der Waals surface area contributed by atoms with Gasteiger partial charge < -0.3 is 21.5 Å². The molecule has 2 amide bonds. The maximum atomic E-state index is 14.3. The largest absolute Gasteiger partial charge is 0.609 e. The average molecular weight is 740 g/mol. The molecule has 3 unspecified atom stereocenters. The number of unbranched alkanes of at least 4 members (excludes halogenated alkanes) is 1. The van der Waals surface area contributed by atoms with Gasteiger partial charge in [-0.2, -0.15) is 0 Å². The van der Waals surface area contributed by atoms with Gasteiger partial charge in [0.05, 0.1) is 5.02 Å². The van der Waals surface area contributed by atoms with Crippen LogP contribution in [0.3, 0.4) is 0 Å². The first-order valence-electron chi connectivity index (χ1n) is 11.6. The summed E-state index contributed by atoms with van der Waals surface area (Å²) in [5, 5.41) is 5.84. The molecule has 1 fully saturated rings. The number of hydrogen-bond acceptors (Lipinski definition) is 3. The maximum absolute atomic E-state index is 14.3. The molecule has 2 rings (SSSR count).